The molecule has 3 aromatic carbocycles. The Bertz CT molecular complexity index is 303. The second-order valence-electron chi connectivity index (χ2n) is 3.81. The Hall–Kier alpha value is -0.903. The highest BCUT2D eigenvalue weighted by Gasteiger charge is 2.11. The fourth-order valence-corrected chi connectivity index (χ4v) is 0.994. The topological polar surface area (TPSA) is 18.5 Å². The Labute approximate surface area is 94.0 Å². The van der Waals surface area contributed by atoms with Crippen LogP contribution >= 0.6 is 0 Å². The minimum Gasteiger partial charge on any atom is -0.358 e. The van der Waals surface area contributed by atoms with Crippen LogP contribution in [0.1, 0.15) is 6.92 Å². The van der Waals surface area contributed by atoms with Crippen molar-refractivity contribution in [2.24, 2.45) is 0 Å². The van der Waals surface area contributed by atoms with Crippen molar-refractivity contribution in [2.75, 3.05) is 14.2 Å². The Morgan fingerprint density at radius 1 is 0.867 bits per heavy atom. The molecule has 0 saturated carbocycles. The molecule has 0 aliphatic rings. The number of ether oxygens (including phenoxy) is 2. The Kier molecular flexibility index (Phi) is 4.26. The van der Waals surface area contributed by atoms with Crippen LogP contribution in [-0.4, -0.2) is 29.9 Å². The molecule has 0 unspecified atom stereocenters. The van der Waals surface area contributed by atoms with Crippen LogP contribution < -0.4 is 0 Å². The smallest absolute Gasteiger partial charge is 0.138 e. The van der Waals surface area contributed by atoms with Crippen LogP contribution in [0.3, 0.4) is 0 Å². The molecule has 82 valence electrons. The molecule has 0 aliphatic carbocycles. The maximum absolute atomic E-state index is 4.93. The predicted molar refractivity (Wildman–Crippen MR) is 67.5 cm³/mol. The van der Waals surface area contributed by atoms with Crippen molar-refractivity contribution in [2.45, 2.75) is 12.3 Å². The van der Waals surface area contributed by atoms with E-state index in [2.05, 4.69) is 36.4 Å². The fourth-order valence-electron chi connectivity index (χ4n) is 0.994. The molecule has 0 fully saturated rings. The Balaban J connectivity index is 0.000000153. The maximum Gasteiger partial charge on any atom is 0.138 e. The lowest BCUT2D eigenvalue weighted by Gasteiger charge is -2.20. The summed E-state index contributed by atoms with van der Waals surface area (Å²) in [5.74, 6) is 0. The van der Waals surface area contributed by atoms with E-state index in [1.165, 1.54) is 10.8 Å². The first-order valence-electron chi connectivity index (χ1n) is 4.96. The summed E-state index contributed by atoms with van der Waals surface area (Å²) in [5.41, 5.74) is -0.278. The first-order chi connectivity index (χ1) is 7.07. The van der Waals surface area contributed by atoms with Crippen molar-refractivity contribution < 1.29 is 9.47 Å². The van der Waals surface area contributed by atoms with E-state index in [1.807, 2.05) is 6.92 Å². The lowest BCUT2D eigenvalue weighted by Crippen LogP contribution is -2.29. The van der Waals surface area contributed by atoms with Gasteiger partial charge in [0.1, 0.15) is 5.41 Å². The van der Waals surface area contributed by atoms with Gasteiger partial charge in [0.25, 0.3) is 0 Å². The van der Waals surface area contributed by atoms with Gasteiger partial charge in [-0.1, -0.05) is 36.4 Å². The molecule has 3 aromatic rings. The Morgan fingerprint density at radius 2 is 1.13 bits per heavy atom. The standard InChI is InChI=1S/C8H6.C4H12O2Si/c1-2-8-5-3-7(1)4-6-8;1-4(7,5-2)6-3/h1-6H;1-3,7H3. The van der Waals surface area contributed by atoms with Gasteiger partial charge in [-0.3, -0.25) is 0 Å². The second kappa shape index (κ2) is 5.26. The third-order valence-electron chi connectivity index (χ3n) is 2.39. The highest BCUT2D eigenvalue weighted by Crippen LogP contribution is 2.09. The summed E-state index contributed by atoms with van der Waals surface area (Å²) >= 11 is 0. The number of fused-ring (bicyclic) bond motifs is 3. The number of rotatable bonds is 2. The molecule has 2 bridgehead atoms. The molecule has 0 amide bonds. The van der Waals surface area contributed by atoms with Gasteiger partial charge in [0, 0.05) is 14.2 Å². The number of hydrogen-bond donors (Lipinski definition) is 0. The summed E-state index contributed by atoms with van der Waals surface area (Å²) in [7, 11) is 4.20. The zero-order valence-corrected chi connectivity index (χ0v) is 11.8. The van der Waals surface area contributed by atoms with E-state index in [4.69, 9.17) is 9.47 Å². The van der Waals surface area contributed by atoms with Crippen molar-refractivity contribution in [3.05, 3.63) is 36.4 Å². The van der Waals surface area contributed by atoms with Crippen LogP contribution in [0.5, 0.6) is 0 Å². The normalized spacial score (nSPS) is 11.4. The maximum atomic E-state index is 4.93. The fraction of sp³-hybridized carbons (Fsp3) is 0.333. The summed E-state index contributed by atoms with van der Waals surface area (Å²) < 4.78 is 9.85. The third-order valence-corrected chi connectivity index (χ3v) is 3.20. The first-order valence-corrected chi connectivity index (χ1v) is 5.96. The molecule has 0 aliphatic heterocycles. The van der Waals surface area contributed by atoms with E-state index < -0.39 is 0 Å². The minimum absolute atomic E-state index is 0.278. The number of benzene rings is 3. The highest BCUT2D eigenvalue weighted by atomic mass is 28.1. The molecule has 15 heavy (non-hydrogen) atoms. The lowest BCUT2D eigenvalue weighted by molar-refractivity contribution is -0.127. The van der Waals surface area contributed by atoms with Gasteiger partial charge in [-0.05, 0) is 17.7 Å². The first kappa shape index (κ1) is 12.2. The van der Waals surface area contributed by atoms with Crippen molar-refractivity contribution in [3.8, 4) is 0 Å². The van der Waals surface area contributed by atoms with Gasteiger partial charge >= 0.3 is 0 Å². The zero-order valence-electron chi connectivity index (χ0n) is 9.78. The number of hydrogen-bond acceptors (Lipinski definition) is 2. The molecular weight excluding hydrogens is 204 g/mol. The third kappa shape index (κ3) is 3.99. The van der Waals surface area contributed by atoms with Gasteiger partial charge < -0.3 is 9.47 Å². The molecule has 0 N–H and O–H groups in total. The molecule has 0 heterocycles. The quantitative estimate of drug-likeness (QED) is 0.567. The second-order valence-corrected chi connectivity index (χ2v) is 5.62. The van der Waals surface area contributed by atoms with Crippen LogP contribution in [0, 0.1) is 0 Å². The van der Waals surface area contributed by atoms with Gasteiger partial charge in [-0.2, -0.15) is 0 Å². The molecule has 0 spiro atoms. The van der Waals surface area contributed by atoms with Crippen LogP contribution in [-0.2, 0) is 9.47 Å². The number of methoxy groups -OCH3 is 2. The summed E-state index contributed by atoms with van der Waals surface area (Å²) in [4.78, 5) is 0. The van der Waals surface area contributed by atoms with E-state index in [0.29, 0.717) is 0 Å². The van der Waals surface area contributed by atoms with Crippen molar-refractivity contribution in [3.63, 3.8) is 0 Å². The molecule has 0 atom stereocenters. The molecule has 3 heteroatoms. The Morgan fingerprint density at radius 3 is 1.20 bits per heavy atom. The highest BCUT2D eigenvalue weighted by molar-refractivity contribution is 6.13. The van der Waals surface area contributed by atoms with E-state index in [1.54, 1.807) is 14.2 Å². The zero-order chi connectivity index (χ0) is 11.3. The van der Waals surface area contributed by atoms with Crippen LogP contribution in [0.15, 0.2) is 36.4 Å². The van der Waals surface area contributed by atoms with Gasteiger partial charge in [0.15, 0.2) is 0 Å². The van der Waals surface area contributed by atoms with Crippen molar-refractivity contribution >= 4 is 21.0 Å². The van der Waals surface area contributed by atoms with Gasteiger partial charge in [-0.25, -0.2) is 0 Å². The summed E-state index contributed by atoms with van der Waals surface area (Å²) in [5, 5.41) is 2.61. The lowest BCUT2D eigenvalue weighted by atomic mass is 10.1. The van der Waals surface area contributed by atoms with Crippen molar-refractivity contribution in [1.29, 1.82) is 0 Å². The average molecular weight is 222 g/mol. The minimum atomic E-state index is -0.278. The largest absolute Gasteiger partial charge is 0.358 e. The molecule has 2 nitrogen and oxygen atoms in total. The molecule has 3 rings (SSSR count). The van der Waals surface area contributed by atoms with Gasteiger partial charge in [0.2, 0.25) is 0 Å². The van der Waals surface area contributed by atoms with Crippen LogP contribution in [0.25, 0.3) is 10.8 Å². The monoisotopic (exact) mass is 222 g/mol. The van der Waals surface area contributed by atoms with Crippen LogP contribution in [0.2, 0.25) is 0 Å². The van der Waals surface area contributed by atoms with E-state index in [-0.39, 0.29) is 5.41 Å². The van der Waals surface area contributed by atoms with Gasteiger partial charge in [-0.15, -0.1) is 0 Å². The van der Waals surface area contributed by atoms with Crippen LogP contribution in [0.4, 0.5) is 0 Å². The SMILES string of the molecule is COC(C)([SiH3])OC.c1cc2ccc1cc2. The molecule has 0 aromatic heterocycles. The molecule has 0 saturated heterocycles. The summed E-state index contributed by atoms with van der Waals surface area (Å²) in [6.07, 6.45) is 0. The van der Waals surface area contributed by atoms with E-state index >= 15 is 0 Å². The average Bonchev–Trinajstić information content (AvgIpc) is 2.32. The summed E-state index contributed by atoms with van der Waals surface area (Å²) in [6, 6.07) is 12.7. The summed E-state index contributed by atoms with van der Waals surface area (Å²) in [6.45, 7) is 1.92. The predicted octanol–water partition coefficient (Wildman–Crippen LogP) is 1.60. The van der Waals surface area contributed by atoms with E-state index in [9.17, 15) is 0 Å². The van der Waals surface area contributed by atoms with E-state index in [0.717, 1.165) is 10.2 Å². The van der Waals surface area contributed by atoms with Gasteiger partial charge in [0.05, 0.1) is 10.2 Å². The molecular formula is C12H18O2Si. The molecule has 0 radical (unpaired) electrons. The van der Waals surface area contributed by atoms with Crippen molar-refractivity contribution in [1.82, 2.24) is 0 Å².